The highest BCUT2D eigenvalue weighted by Crippen LogP contribution is 2.67. The number of nitrogens with one attached hydrogen (secondary N) is 4. The van der Waals surface area contributed by atoms with E-state index in [-0.39, 0.29) is 111 Å². The average Bonchev–Trinajstić information content (AvgIpc) is 1.50. The van der Waals surface area contributed by atoms with Crippen molar-refractivity contribution in [3.05, 3.63) is 104 Å². The zero-order valence-electron chi connectivity index (χ0n) is 49.7. The van der Waals surface area contributed by atoms with Crippen LogP contribution in [0.4, 0.5) is 22.4 Å². The molecule has 0 saturated carbocycles. The monoisotopic (exact) mass is 1290 g/mol. The fourth-order valence-corrected chi connectivity index (χ4v) is 14.9. The summed E-state index contributed by atoms with van der Waals surface area (Å²) >= 11 is 0.867. The minimum Gasteiger partial charge on any atom is -0.465 e. The zero-order valence-corrected chi connectivity index (χ0v) is 51.4. The van der Waals surface area contributed by atoms with Crippen molar-refractivity contribution in [3.8, 4) is 0 Å². The van der Waals surface area contributed by atoms with E-state index in [1.807, 2.05) is 12.1 Å². The smallest absolute Gasteiger partial charge is 0.407 e. The highest BCUT2D eigenvalue weighted by atomic mass is 32.1. The van der Waals surface area contributed by atoms with Crippen LogP contribution >= 0.6 is 18.9 Å². The Kier molecular flexibility index (Phi) is 20.7. The highest BCUT2D eigenvalue weighted by Gasteiger charge is 2.55. The quantitative estimate of drug-likeness (QED) is 0.0259. The van der Waals surface area contributed by atoms with Gasteiger partial charge in [0.1, 0.15) is 30.2 Å². The molecule has 4 fully saturated rings. The number of fused-ring (bicyclic) bond motifs is 3. The van der Waals surface area contributed by atoms with E-state index in [0.717, 1.165) is 58.9 Å². The van der Waals surface area contributed by atoms with E-state index >= 15 is 8.78 Å². The van der Waals surface area contributed by atoms with Gasteiger partial charge in [-0.05, 0) is 143 Å². The van der Waals surface area contributed by atoms with Crippen LogP contribution in [-0.4, -0.2) is 152 Å². The summed E-state index contributed by atoms with van der Waals surface area (Å²) in [7, 11) is -3.37. The lowest BCUT2D eigenvalue weighted by atomic mass is 9.90. The second-order valence-electron chi connectivity index (χ2n) is 23.0. The summed E-state index contributed by atoms with van der Waals surface area (Å²) < 4.78 is 86.6. The lowest BCUT2D eigenvalue weighted by molar-refractivity contribution is -0.144. The topological polar surface area (TPSA) is 320 Å². The molecule has 7 N–H and O–H groups in total. The predicted molar refractivity (Wildman–Crippen MR) is 319 cm³/mol. The largest absolute Gasteiger partial charge is 0.465 e. The average molecular weight is 1300 g/mol. The number of hydrogen-bond donors (Lipinski definition) is 6. The number of alkyl halides is 2. The van der Waals surface area contributed by atoms with Crippen LogP contribution in [0.1, 0.15) is 117 Å². The molecule has 484 valence electrons. The minimum absolute atomic E-state index is 0.0109. The van der Waals surface area contributed by atoms with Crippen molar-refractivity contribution < 1.29 is 79.4 Å². The molecule has 5 aromatic rings. The number of amides is 9. The molecule has 90 heavy (non-hydrogen) atoms. The summed E-state index contributed by atoms with van der Waals surface area (Å²) in [5.74, 6) is -8.02. The number of aryl methyl sites for hydroxylation is 2. The molecule has 0 radical (unpaired) electrons. The van der Waals surface area contributed by atoms with Crippen molar-refractivity contribution in [1.82, 2.24) is 45.1 Å². The third-order valence-electron chi connectivity index (χ3n) is 17.1. The number of hydrogen-bond acceptors (Lipinski definition) is 14. The van der Waals surface area contributed by atoms with Crippen molar-refractivity contribution in [3.63, 3.8) is 0 Å². The molecule has 3 aromatic carbocycles. The lowest BCUT2D eigenvalue weighted by Crippen LogP contribution is -2.62. The molecule has 0 spiro atoms. The van der Waals surface area contributed by atoms with Crippen LogP contribution < -0.4 is 32.7 Å². The summed E-state index contributed by atoms with van der Waals surface area (Å²) in [5.41, 5.74) is 2.68. The van der Waals surface area contributed by atoms with Crippen LogP contribution in [0.3, 0.4) is 0 Å². The lowest BCUT2D eigenvalue weighted by Gasteiger charge is -2.38. The van der Waals surface area contributed by atoms with Crippen molar-refractivity contribution in [2.75, 3.05) is 39.4 Å². The molecule has 2 aromatic heterocycles. The van der Waals surface area contributed by atoms with Crippen LogP contribution in [-0.2, 0) is 72.7 Å². The van der Waals surface area contributed by atoms with Crippen LogP contribution in [0, 0.1) is 17.6 Å². The van der Waals surface area contributed by atoms with Crippen LogP contribution in [0.5, 0.6) is 0 Å². The molecule has 4 aliphatic heterocycles. The summed E-state index contributed by atoms with van der Waals surface area (Å²) in [5, 5.41) is 20.5. The Labute approximate surface area is 517 Å². The van der Waals surface area contributed by atoms with Crippen LogP contribution in [0.15, 0.2) is 65.5 Å². The number of piperidine rings is 2. The van der Waals surface area contributed by atoms with E-state index in [4.69, 9.17) is 14.8 Å². The van der Waals surface area contributed by atoms with Gasteiger partial charge in [-0.25, -0.2) is 18.4 Å². The number of rotatable bonds is 23. The number of likely N-dealkylation sites (tertiary alicyclic amines) is 1. The number of carboxylic acid groups (broad SMARTS) is 1. The van der Waals surface area contributed by atoms with Gasteiger partial charge in [-0.1, -0.05) is 18.2 Å². The molecule has 6 heterocycles. The van der Waals surface area contributed by atoms with Crippen LogP contribution in [0.25, 0.3) is 21.1 Å². The molecule has 1 unspecified atom stereocenters. The number of aromatic nitrogens is 2. The summed E-state index contributed by atoms with van der Waals surface area (Å²) in [6.45, 7) is 1.97. The second kappa shape index (κ2) is 28.0. The maximum Gasteiger partial charge on any atom is 0.407 e. The normalized spacial score (nSPS) is 20.1. The van der Waals surface area contributed by atoms with Gasteiger partial charge >= 0.3 is 25.0 Å². The van der Waals surface area contributed by atoms with Gasteiger partial charge in [0.05, 0.1) is 35.7 Å². The number of nitrogens with zero attached hydrogens (tertiary/aromatic N) is 5. The van der Waals surface area contributed by atoms with Crippen LogP contribution in [0.2, 0.25) is 0 Å². The Balaban J connectivity index is 0.867. The van der Waals surface area contributed by atoms with Gasteiger partial charge in [-0.2, -0.15) is 8.78 Å². The number of carbonyl (C=O) groups is 9. The molecule has 30 heteroatoms. The molecule has 0 aliphatic carbocycles. The van der Waals surface area contributed by atoms with E-state index in [9.17, 15) is 66.4 Å². The number of carbonyl (C=O) groups excluding carboxylic acids is 8. The number of nitrogens with two attached hydrogens (primary N) is 1. The van der Waals surface area contributed by atoms with Crippen molar-refractivity contribution in [1.29, 1.82) is 0 Å². The summed E-state index contributed by atoms with van der Waals surface area (Å²) in [4.78, 5) is 139. The van der Waals surface area contributed by atoms with Gasteiger partial charge in [0.2, 0.25) is 41.4 Å². The SMILES string of the molecule is CCOP(=O)(OCC)C(F)(F)c1ccc2sc(C(=O)N[C@H]3CN(C(=O)O)CC[C@H]4CC[C@@H](C(=O)N[C@@H](CCC(N)=O)C(=O)N[C@@H](Cc5ccc(F)c(F)c5)C(=O)N5CCC(CCCc6ccc7c(c6)n(C)c(=O)n7C6CCC(=O)NC6=O)CC5)N4C3=O)cc2c1. The molecule has 9 rings (SSSR count). The van der Waals surface area contributed by atoms with Gasteiger partial charge in [0, 0.05) is 62.2 Å². The Morgan fingerprint density at radius 1 is 0.833 bits per heavy atom. The number of halogens is 4. The number of benzene rings is 3. The van der Waals surface area contributed by atoms with Gasteiger partial charge < -0.3 is 50.5 Å². The van der Waals surface area contributed by atoms with Gasteiger partial charge in [-0.3, -0.25) is 57.4 Å². The molecular weight excluding hydrogens is 1220 g/mol. The number of imide groups is 1. The summed E-state index contributed by atoms with van der Waals surface area (Å²) in [6, 6.07) is 5.81. The Morgan fingerprint density at radius 2 is 1.54 bits per heavy atom. The zero-order chi connectivity index (χ0) is 64.9. The van der Waals surface area contributed by atoms with Gasteiger partial charge in [0.15, 0.2) is 11.6 Å². The first-order valence-electron chi connectivity index (χ1n) is 29.9. The number of imidazole rings is 1. The predicted octanol–water partition coefficient (Wildman–Crippen LogP) is 5.71. The minimum atomic E-state index is -5.00. The van der Waals surface area contributed by atoms with E-state index in [0.29, 0.717) is 35.0 Å². The maximum atomic E-state index is 15.8. The molecular formula is C60H71F4N10O14PS. The summed E-state index contributed by atoms with van der Waals surface area (Å²) in [6.07, 6.45) is 1.45. The van der Waals surface area contributed by atoms with E-state index in [1.54, 1.807) is 18.0 Å². The van der Waals surface area contributed by atoms with E-state index < -0.39 is 127 Å². The maximum absolute atomic E-state index is 15.8. The fourth-order valence-electron chi connectivity index (χ4n) is 12.4. The number of primary amides is 1. The molecule has 4 aliphatic rings. The number of thiophene rings is 1. The fraction of sp³-hybridized carbons (Fsp3) is 0.500. The van der Waals surface area contributed by atoms with Crippen molar-refractivity contribution in [2.45, 2.75) is 139 Å². The first-order chi connectivity index (χ1) is 42.8. The van der Waals surface area contributed by atoms with Gasteiger partial charge in [-0.15, -0.1) is 11.3 Å². The van der Waals surface area contributed by atoms with Crippen molar-refractivity contribution >= 4 is 93.4 Å². The standard InChI is InChI=1S/C60H71F4N10O14PS/c1-4-87-89(86,88-5-2)60(63,64)37-11-18-48-36(30-37)31-49(90-48)55(80)68-43-32-72(59(84)85)26-23-38-12-16-45(73(38)57(43)82)53(78)66-41(14-19-50(65)75)52(77)67-42(28-35-9-13-39(61)40(62)27-35)56(81)71-24-21-33(22-25-71)7-6-8-34-10-15-44-47(29-34)70(3)58(83)74(44)46-17-20-51(76)69-54(46)79/h9-11,13,15,18,27,29-31,33,38,41-43,45-46H,4-8,12,14,16-17,19-26,28,32H2,1-3H3,(H2,65,75)(H,66,78)(H,67,77)(H,68,80)(H,84,85)(H,69,76,79)/t38-,41+,42+,43+,45+,46?/m1/s1. The third-order valence-corrected chi connectivity index (χ3v) is 20.4. The first kappa shape index (κ1) is 66.4. The Hall–Kier alpha value is -8.01. The highest BCUT2D eigenvalue weighted by molar-refractivity contribution is 7.54. The van der Waals surface area contributed by atoms with E-state index in [2.05, 4.69) is 21.3 Å². The molecule has 24 nitrogen and oxygen atoms in total. The molecule has 0 bridgehead atoms. The van der Waals surface area contributed by atoms with Gasteiger partial charge in [0.25, 0.3) is 5.91 Å². The third kappa shape index (κ3) is 14.4. The molecule has 9 amide bonds. The molecule has 4 saturated heterocycles. The van der Waals surface area contributed by atoms with Crippen molar-refractivity contribution in [2.24, 2.45) is 18.7 Å². The Bertz CT molecular complexity index is 3730. The second-order valence-corrected chi connectivity index (χ2v) is 26.2. The van der Waals surface area contributed by atoms with E-state index in [1.165, 1.54) is 46.1 Å². The molecule has 6 atom stereocenters. The Morgan fingerprint density at radius 3 is 2.22 bits per heavy atom. The first-order valence-corrected chi connectivity index (χ1v) is 32.2.